The molecule has 0 spiro atoms. The number of amides is 2. The van der Waals surface area contributed by atoms with Crippen LogP contribution in [0.4, 0.5) is 0 Å². The third kappa shape index (κ3) is 4.20. The van der Waals surface area contributed by atoms with E-state index in [-0.39, 0.29) is 11.8 Å². The first kappa shape index (κ1) is 19.6. The molecule has 3 aromatic heterocycles. The lowest BCUT2D eigenvalue weighted by Gasteiger charge is -2.23. The number of nitrogens with zero attached hydrogens (tertiary/aromatic N) is 5. The molecule has 9 nitrogen and oxygen atoms in total. The summed E-state index contributed by atoms with van der Waals surface area (Å²) in [4.78, 5) is 27.0. The maximum absolute atomic E-state index is 12.9. The van der Waals surface area contributed by atoms with E-state index in [9.17, 15) is 9.59 Å². The van der Waals surface area contributed by atoms with Gasteiger partial charge in [0.05, 0.1) is 12.2 Å². The van der Waals surface area contributed by atoms with Gasteiger partial charge in [-0.2, -0.15) is 0 Å². The molecule has 0 saturated heterocycles. The Bertz CT molecular complexity index is 958. The van der Waals surface area contributed by atoms with Crippen LogP contribution in [0.25, 0.3) is 5.65 Å². The largest absolute Gasteiger partial charge is 0.383 e. The first-order chi connectivity index (χ1) is 13.5. The number of fused-ring (bicyclic) bond motifs is 1. The fourth-order valence-electron chi connectivity index (χ4n) is 3.04. The second kappa shape index (κ2) is 8.66. The van der Waals surface area contributed by atoms with Crippen molar-refractivity contribution < 1.29 is 14.3 Å². The van der Waals surface area contributed by atoms with Gasteiger partial charge in [-0.1, -0.05) is 0 Å². The highest BCUT2D eigenvalue weighted by Crippen LogP contribution is 2.09. The number of aryl methyl sites for hydroxylation is 2. The van der Waals surface area contributed by atoms with Gasteiger partial charge in [0.1, 0.15) is 12.0 Å². The Morgan fingerprint density at radius 2 is 2.07 bits per heavy atom. The van der Waals surface area contributed by atoms with Crippen LogP contribution in [0.5, 0.6) is 0 Å². The van der Waals surface area contributed by atoms with Crippen LogP contribution in [0, 0.1) is 6.92 Å². The molecular weight excluding hydrogens is 360 g/mol. The van der Waals surface area contributed by atoms with Gasteiger partial charge in [-0.3, -0.25) is 14.0 Å². The molecule has 3 rings (SSSR count). The van der Waals surface area contributed by atoms with Crippen LogP contribution in [0.15, 0.2) is 36.9 Å². The number of ether oxygens (including phenoxy) is 1. The summed E-state index contributed by atoms with van der Waals surface area (Å²) in [6.45, 7) is 3.44. The second-order valence-electron chi connectivity index (χ2n) is 6.51. The molecule has 0 aliphatic rings. The summed E-state index contributed by atoms with van der Waals surface area (Å²) in [6, 6.07) is 5.36. The number of methoxy groups -OCH3 is 1. The monoisotopic (exact) mass is 384 g/mol. The van der Waals surface area contributed by atoms with Gasteiger partial charge in [0, 0.05) is 46.2 Å². The quantitative estimate of drug-likeness (QED) is 0.623. The van der Waals surface area contributed by atoms with Crippen LogP contribution in [-0.4, -0.2) is 69.2 Å². The zero-order valence-corrected chi connectivity index (χ0v) is 16.3. The first-order valence-electron chi connectivity index (χ1n) is 8.99. The summed E-state index contributed by atoms with van der Waals surface area (Å²) in [7, 11) is 3.42. The molecule has 3 aromatic rings. The lowest BCUT2D eigenvalue weighted by molar-refractivity contribution is 0.0689. The predicted molar refractivity (Wildman–Crippen MR) is 103 cm³/mol. The van der Waals surface area contributed by atoms with Crippen molar-refractivity contribution in [1.82, 2.24) is 29.4 Å². The van der Waals surface area contributed by atoms with Gasteiger partial charge in [0.2, 0.25) is 0 Å². The van der Waals surface area contributed by atoms with Crippen LogP contribution in [0.1, 0.15) is 26.4 Å². The molecular formula is C19H24N6O3. The molecule has 0 atom stereocenters. The van der Waals surface area contributed by atoms with Gasteiger partial charge in [-0.25, -0.2) is 0 Å². The molecule has 9 heteroatoms. The highest BCUT2D eigenvalue weighted by atomic mass is 16.5. The molecule has 3 heterocycles. The van der Waals surface area contributed by atoms with Crippen molar-refractivity contribution in [3.05, 3.63) is 53.7 Å². The highest BCUT2D eigenvalue weighted by Gasteiger charge is 2.18. The molecule has 1 N–H and O–H groups in total. The summed E-state index contributed by atoms with van der Waals surface area (Å²) in [5.41, 5.74) is 2.72. The van der Waals surface area contributed by atoms with E-state index in [1.54, 1.807) is 45.6 Å². The Balaban J connectivity index is 1.66. The third-order valence-corrected chi connectivity index (χ3v) is 4.55. The second-order valence-corrected chi connectivity index (χ2v) is 6.51. The fourth-order valence-corrected chi connectivity index (χ4v) is 3.04. The van der Waals surface area contributed by atoms with Crippen LogP contribution in [0.3, 0.4) is 0 Å². The van der Waals surface area contributed by atoms with E-state index >= 15 is 0 Å². The molecule has 2 amide bonds. The molecule has 0 unspecified atom stereocenters. The van der Waals surface area contributed by atoms with Gasteiger partial charge in [-0.05, 0) is 30.7 Å². The molecule has 0 saturated carbocycles. The Labute approximate surface area is 162 Å². The Hall–Kier alpha value is -3.20. The topological polar surface area (TPSA) is 93.8 Å². The van der Waals surface area contributed by atoms with Gasteiger partial charge in [0.25, 0.3) is 11.8 Å². The average molecular weight is 384 g/mol. The van der Waals surface area contributed by atoms with Crippen LogP contribution in [-0.2, 0) is 11.8 Å². The maximum atomic E-state index is 12.9. The number of rotatable bonds is 8. The number of pyridine rings is 1. The normalized spacial score (nSPS) is 11.0. The van der Waals surface area contributed by atoms with Crippen molar-refractivity contribution in [2.45, 2.75) is 6.92 Å². The number of hydrogen-bond acceptors (Lipinski definition) is 5. The lowest BCUT2D eigenvalue weighted by atomic mass is 10.2. The number of hydrogen-bond donors (Lipinski definition) is 1. The first-order valence-corrected chi connectivity index (χ1v) is 8.99. The van der Waals surface area contributed by atoms with Gasteiger partial charge in [0.15, 0.2) is 5.65 Å². The zero-order valence-electron chi connectivity index (χ0n) is 16.3. The van der Waals surface area contributed by atoms with E-state index in [4.69, 9.17) is 4.74 Å². The number of carbonyl (C=O) groups excluding carboxylic acids is 2. The Morgan fingerprint density at radius 1 is 1.25 bits per heavy atom. The van der Waals surface area contributed by atoms with Crippen molar-refractivity contribution in [3.63, 3.8) is 0 Å². The lowest BCUT2D eigenvalue weighted by Crippen LogP contribution is -2.40. The average Bonchev–Trinajstić information content (AvgIpc) is 3.29. The Morgan fingerprint density at radius 3 is 2.79 bits per heavy atom. The van der Waals surface area contributed by atoms with E-state index in [0.29, 0.717) is 43.1 Å². The minimum Gasteiger partial charge on any atom is -0.383 e. The summed E-state index contributed by atoms with van der Waals surface area (Å²) in [5.74, 6) is -0.299. The van der Waals surface area contributed by atoms with E-state index in [2.05, 4.69) is 15.5 Å². The van der Waals surface area contributed by atoms with Crippen molar-refractivity contribution >= 4 is 17.5 Å². The summed E-state index contributed by atoms with van der Waals surface area (Å²) >= 11 is 0. The minimum atomic E-state index is -0.157. The molecule has 148 valence electrons. The maximum Gasteiger partial charge on any atom is 0.268 e. The van der Waals surface area contributed by atoms with Gasteiger partial charge < -0.3 is 19.5 Å². The van der Waals surface area contributed by atoms with E-state index < -0.39 is 0 Å². The minimum absolute atomic E-state index is 0.142. The molecule has 28 heavy (non-hydrogen) atoms. The number of nitrogens with one attached hydrogen (secondary N) is 1. The van der Waals surface area contributed by atoms with Crippen molar-refractivity contribution in [3.8, 4) is 0 Å². The van der Waals surface area contributed by atoms with Crippen molar-refractivity contribution in [2.75, 3.05) is 33.4 Å². The number of aromatic nitrogens is 4. The summed E-state index contributed by atoms with van der Waals surface area (Å²) < 4.78 is 8.60. The highest BCUT2D eigenvalue weighted by molar-refractivity contribution is 5.95. The standard InChI is InChI=1S/C19H24N6O3/c1-14-6-8-23(2)17(14)18(26)20-7-9-24(10-11-28-3)19(27)15-4-5-16-22-21-13-25(16)12-15/h4-6,8,12-13H,7,9-11H2,1-3H3,(H,20,26). The SMILES string of the molecule is COCCN(CCNC(=O)c1c(C)ccn1C)C(=O)c1ccc2nncn2c1. The van der Waals surface area contributed by atoms with Gasteiger partial charge in [-0.15, -0.1) is 10.2 Å². The smallest absolute Gasteiger partial charge is 0.268 e. The van der Waals surface area contributed by atoms with E-state index in [1.165, 1.54) is 0 Å². The van der Waals surface area contributed by atoms with E-state index in [1.807, 2.05) is 26.2 Å². The third-order valence-electron chi connectivity index (χ3n) is 4.55. The molecule has 0 aliphatic heterocycles. The van der Waals surface area contributed by atoms with E-state index in [0.717, 1.165) is 5.56 Å². The fraction of sp³-hybridized carbons (Fsp3) is 0.368. The number of carbonyl (C=O) groups is 2. The molecule has 0 fully saturated rings. The molecule has 0 radical (unpaired) electrons. The predicted octanol–water partition coefficient (Wildman–Crippen LogP) is 0.895. The van der Waals surface area contributed by atoms with Crippen LogP contribution in [0.2, 0.25) is 0 Å². The van der Waals surface area contributed by atoms with Crippen molar-refractivity contribution in [2.24, 2.45) is 7.05 Å². The molecule has 0 aliphatic carbocycles. The molecule has 0 bridgehead atoms. The molecule has 0 aromatic carbocycles. The summed E-state index contributed by atoms with van der Waals surface area (Å²) in [6.07, 6.45) is 5.09. The van der Waals surface area contributed by atoms with Crippen molar-refractivity contribution in [1.29, 1.82) is 0 Å². The van der Waals surface area contributed by atoms with Gasteiger partial charge >= 0.3 is 0 Å². The zero-order chi connectivity index (χ0) is 20.1. The van der Waals surface area contributed by atoms with Crippen LogP contribution >= 0.6 is 0 Å². The Kier molecular flexibility index (Phi) is 6.05. The van der Waals surface area contributed by atoms with Crippen LogP contribution < -0.4 is 5.32 Å². The summed E-state index contributed by atoms with van der Waals surface area (Å²) in [5, 5.41) is 10.6.